The fraction of sp³-hybridized carbons (Fsp3) is 0.789. The summed E-state index contributed by atoms with van der Waals surface area (Å²) < 4.78 is 16.1. The minimum Gasteiger partial charge on any atom is -0.444 e. The van der Waals surface area contributed by atoms with Crippen LogP contribution in [0.3, 0.4) is 0 Å². The van der Waals surface area contributed by atoms with Crippen LogP contribution < -0.4 is 10.6 Å². The predicted molar refractivity (Wildman–Crippen MR) is 124 cm³/mol. The van der Waals surface area contributed by atoms with Gasteiger partial charge < -0.3 is 29.5 Å². The predicted octanol–water partition coefficient (Wildman–Crippen LogP) is 2.47. The SMILES string of the molecule is CN=C(NCc1noc(C)n1)N1CCC(OCCCNC(=O)OC(C)(C)C)CC1.I. The van der Waals surface area contributed by atoms with Crippen LogP contribution in [0.1, 0.15) is 51.7 Å². The highest BCUT2D eigenvalue weighted by molar-refractivity contribution is 14.0. The molecule has 0 unspecified atom stereocenters. The van der Waals surface area contributed by atoms with E-state index in [4.69, 9.17) is 14.0 Å². The van der Waals surface area contributed by atoms with Crippen LogP contribution in [0.15, 0.2) is 9.52 Å². The number of carbonyl (C=O) groups excluding carboxylic acids is 1. The zero-order valence-electron chi connectivity index (χ0n) is 18.6. The molecule has 10 nitrogen and oxygen atoms in total. The van der Waals surface area contributed by atoms with Crippen molar-refractivity contribution in [3.8, 4) is 0 Å². The Labute approximate surface area is 195 Å². The van der Waals surface area contributed by atoms with E-state index in [2.05, 4.69) is 30.7 Å². The van der Waals surface area contributed by atoms with Gasteiger partial charge >= 0.3 is 6.09 Å². The lowest BCUT2D eigenvalue weighted by Crippen LogP contribution is -2.46. The number of likely N-dealkylation sites (tertiary alicyclic amines) is 1. The monoisotopic (exact) mass is 538 g/mol. The van der Waals surface area contributed by atoms with Crippen LogP contribution in [-0.4, -0.2) is 72.1 Å². The molecule has 2 rings (SSSR count). The molecule has 0 aliphatic carbocycles. The number of hydrogen-bond acceptors (Lipinski definition) is 7. The van der Waals surface area contributed by atoms with Crippen molar-refractivity contribution in [2.45, 2.75) is 65.2 Å². The van der Waals surface area contributed by atoms with Gasteiger partial charge in [-0.15, -0.1) is 24.0 Å². The topological polar surface area (TPSA) is 114 Å². The number of aromatic nitrogens is 2. The second-order valence-corrected chi connectivity index (χ2v) is 7.97. The van der Waals surface area contributed by atoms with Gasteiger partial charge in [0.1, 0.15) is 5.60 Å². The minimum absolute atomic E-state index is 0. The third kappa shape index (κ3) is 9.92. The second kappa shape index (κ2) is 12.9. The highest BCUT2D eigenvalue weighted by Crippen LogP contribution is 2.14. The fourth-order valence-electron chi connectivity index (χ4n) is 2.96. The first-order valence-corrected chi connectivity index (χ1v) is 10.1. The molecule has 1 amide bonds. The summed E-state index contributed by atoms with van der Waals surface area (Å²) in [6, 6.07) is 0. The summed E-state index contributed by atoms with van der Waals surface area (Å²) in [4.78, 5) is 22.3. The van der Waals surface area contributed by atoms with Gasteiger partial charge in [-0.3, -0.25) is 4.99 Å². The smallest absolute Gasteiger partial charge is 0.407 e. The average Bonchev–Trinajstić information content (AvgIpc) is 3.07. The molecule has 0 spiro atoms. The molecule has 2 N–H and O–H groups in total. The summed E-state index contributed by atoms with van der Waals surface area (Å²) in [6.45, 7) is 10.7. The Morgan fingerprint density at radius 2 is 2.00 bits per heavy atom. The van der Waals surface area contributed by atoms with Gasteiger partial charge in [-0.05, 0) is 40.0 Å². The number of alkyl carbamates (subject to hydrolysis) is 1. The van der Waals surface area contributed by atoms with E-state index >= 15 is 0 Å². The van der Waals surface area contributed by atoms with E-state index in [0.29, 0.717) is 31.4 Å². The van der Waals surface area contributed by atoms with Gasteiger partial charge in [0.2, 0.25) is 5.89 Å². The molecule has 1 aromatic heterocycles. The average molecular weight is 538 g/mol. The minimum atomic E-state index is -0.478. The van der Waals surface area contributed by atoms with Crippen LogP contribution in [0.4, 0.5) is 4.79 Å². The molecule has 11 heteroatoms. The number of rotatable bonds is 7. The molecule has 1 aromatic rings. The maximum Gasteiger partial charge on any atom is 0.407 e. The Bertz CT molecular complexity index is 668. The first-order chi connectivity index (χ1) is 13.8. The zero-order chi connectivity index (χ0) is 21.3. The van der Waals surface area contributed by atoms with Crippen LogP contribution in [0.25, 0.3) is 0 Å². The Morgan fingerprint density at radius 1 is 1.30 bits per heavy atom. The maximum atomic E-state index is 11.6. The number of guanidine groups is 1. The lowest BCUT2D eigenvalue weighted by atomic mass is 10.1. The van der Waals surface area contributed by atoms with Gasteiger partial charge in [-0.25, -0.2) is 4.79 Å². The van der Waals surface area contributed by atoms with Gasteiger partial charge in [0, 0.05) is 40.2 Å². The lowest BCUT2D eigenvalue weighted by molar-refractivity contribution is 0.0170. The van der Waals surface area contributed by atoms with Crippen molar-refractivity contribution >= 4 is 36.0 Å². The summed E-state index contributed by atoms with van der Waals surface area (Å²) in [7, 11) is 1.77. The number of amides is 1. The van der Waals surface area contributed by atoms with Gasteiger partial charge in [-0.1, -0.05) is 5.16 Å². The van der Waals surface area contributed by atoms with E-state index in [1.807, 2.05) is 20.8 Å². The molecule has 1 aliphatic heterocycles. The summed E-state index contributed by atoms with van der Waals surface area (Å²) in [5, 5.41) is 9.89. The molecular formula is C19H35IN6O4. The molecule has 0 aromatic carbocycles. The summed E-state index contributed by atoms with van der Waals surface area (Å²) >= 11 is 0. The van der Waals surface area contributed by atoms with Crippen molar-refractivity contribution in [2.75, 3.05) is 33.3 Å². The van der Waals surface area contributed by atoms with Gasteiger partial charge in [0.25, 0.3) is 0 Å². The summed E-state index contributed by atoms with van der Waals surface area (Å²) in [6.07, 6.45) is 2.46. The second-order valence-electron chi connectivity index (χ2n) is 7.97. The van der Waals surface area contributed by atoms with Crippen LogP contribution >= 0.6 is 24.0 Å². The number of nitrogens with zero attached hydrogens (tertiary/aromatic N) is 4. The highest BCUT2D eigenvalue weighted by Gasteiger charge is 2.22. The van der Waals surface area contributed by atoms with Gasteiger partial charge in [-0.2, -0.15) is 4.98 Å². The zero-order valence-corrected chi connectivity index (χ0v) is 20.9. The standard InChI is InChI=1S/C19H34N6O4.HI/c1-14-23-16(24-29-14)13-22-17(20-5)25-10-7-15(8-11-25)27-12-6-9-21-18(26)28-19(2,3)4;/h15H,6-13H2,1-5H3,(H,20,22)(H,21,26);1H. The first-order valence-electron chi connectivity index (χ1n) is 10.1. The third-order valence-electron chi connectivity index (χ3n) is 4.27. The van der Waals surface area contributed by atoms with E-state index in [-0.39, 0.29) is 36.2 Å². The summed E-state index contributed by atoms with van der Waals surface area (Å²) in [5.74, 6) is 1.99. The molecule has 0 radical (unpaired) electrons. The Hall–Kier alpha value is -1.63. The number of halogens is 1. The lowest BCUT2D eigenvalue weighted by Gasteiger charge is -2.34. The Morgan fingerprint density at radius 3 is 2.57 bits per heavy atom. The van der Waals surface area contributed by atoms with Gasteiger partial charge in [0.05, 0.1) is 12.6 Å². The molecule has 0 atom stereocenters. The normalized spacial score (nSPS) is 15.5. The number of ether oxygens (including phenoxy) is 2. The molecule has 30 heavy (non-hydrogen) atoms. The van der Waals surface area contributed by atoms with Crippen LogP contribution in [-0.2, 0) is 16.0 Å². The number of hydrogen-bond donors (Lipinski definition) is 2. The number of piperidine rings is 1. The van der Waals surface area contributed by atoms with Crippen molar-refractivity contribution in [3.05, 3.63) is 11.7 Å². The van der Waals surface area contributed by atoms with Crippen molar-refractivity contribution in [1.29, 1.82) is 0 Å². The fourth-order valence-corrected chi connectivity index (χ4v) is 2.96. The van der Waals surface area contributed by atoms with Crippen LogP contribution in [0, 0.1) is 6.92 Å². The Balaban J connectivity index is 0.00000450. The van der Waals surface area contributed by atoms with Crippen molar-refractivity contribution in [1.82, 2.24) is 25.7 Å². The number of aryl methyl sites for hydroxylation is 1. The molecule has 2 heterocycles. The van der Waals surface area contributed by atoms with Crippen LogP contribution in [0.2, 0.25) is 0 Å². The molecular weight excluding hydrogens is 503 g/mol. The molecule has 1 aliphatic rings. The van der Waals surface area contributed by atoms with E-state index in [1.54, 1.807) is 14.0 Å². The first kappa shape index (κ1) is 26.4. The molecule has 0 bridgehead atoms. The Kier molecular flexibility index (Phi) is 11.4. The largest absolute Gasteiger partial charge is 0.444 e. The van der Waals surface area contributed by atoms with Crippen molar-refractivity contribution in [2.24, 2.45) is 4.99 Å². The van der Waals surface area contributed by atoms with Gasteiger partial charge in [0.15, 0.2) is 11.8 Å². The van der Waals surface area contributed by atoms with Crippen LogP contribution in [0.5, 0.6) is 0 Å². The maximum absolute atomic E-state index is 11.6. The van der Waals surface area contributed by atoms with Crippen molar-refractivity contribution in [3.63, 3.8) is 0 Å². The number of aliphatic imine (C=N–C) groups is 1. The van der Waals surface area contributed by atoms with E-state index < -0.39 is 5.60 Å². The van der Waals surface area contributed by atoms with E-state index in [0.717, 1.165) is 38.3 Å². The quantitative estimate of drug-likeness (QED) is 0.236. The molecule has 1 fully saturated rings. The summed E-state index contributed by atoms with van der Waals surface area (Å²) in [5.41, 5.74) is -0.478. The molecule has 1 saturated heterocycles. The van der Waals surface area contributed by atoms with Crippen molar-refractivity contribution < 1.29 is 18.8 Å². The molecule has 0 saturated carbocycles. The third-order valence-corrected chi connectivity index (χ3v) is 4.27. The van der Waals surface area contributed by atoms with E-state index in [1.165, 1.54) is 0 Å². The van der Waals surface area contributed by atoms with E-state index in [9.17, 15) is 4.79 Å². The number of nitrogens with one attached hydrogen (secondary N) is 2. The highest BCUT2D eigenvalue weighted by atomic mass is 127. The molecule has 172 valence electrons. The number of carbonyl (C=O) groups is 1.